The van der Waals surface area contributed by atoms with Crippen molar-refractivity contribution in [3.63, 3.8) is 0 Å². The highest BCUT2D eigenvalue weighted by Crippen LogP contribution is 2.13. The maximum atomic E-state index is 5.49. The molecule has 0 heterocycles. The Labute approximate surface area is 139 Å². The van der Waals surface area contributed by atoms with Gasteiger partial charge in [0, 0.05) is 7.05 Å². The molecule has 0 saturated carbocycles. The molecule has 0 bridgehead atoms. The highest BCUT2D eigenvalue weighted by molar-refractivity contribution is 4.50. The molecule has 0 aliphatic heterocycles. The van der Waals surface area contributed by atoms with E-state index in [1.165, 1.54) is 103 Å². The number of hydrogen-bond donors (Lipinski definition) is 1. The third-order valence-electron chi connectivity index (χ3n) is 4.35. The van der Waals surface area contributed by atoms with Gasteiger partial charge < -0.3 is 5.73 Å². The molecule has 3 nitrogen and oxygen atoms in total. The average Bonchev–Trinajstić information content (AvgIpc) is 2.54. The van der Waals surface area contributed by atoms with Crippen LogP contribution < -0.4 is 5.73 Å². The van der Waals surface area contributed by atoms with Crippen LogP contribution in [0.4, 0.5) is 0 Å². The van der Waals surface area contributed by atoms with E-state index in [2.05, 4.69) is 10.2 Å². The van der Waals surface area contributed by atoms with Crippen molar-refractivity contribution in [3.8, 4) is 0 Å². The van der Waals surface area contributed by atoms with Crippen molar-refractivity contribution in [2.45, 2.75) is 103 Å². The molecule has 22 heavy (non-hydrogen) atoms. The van der Waals surface area contributed by atoms with E-state index in [0.717, 1.165) is 13.1 Å². The van der Waals surface area contributed by atoms with Gasteiger partial charge in [0.1, 0.15) is 0 Å². The van der Waals surface area contributed by atoms with Crippen LogP contribution in [-0.2, 0) is 0 Å². The first-order chi connectivity index (χ1) is 10.9. The lowest BCUT2D eigenvalue weighted by atomic mass is 10.0. The summed E-state index contributed by atoms with van der Waals surface area (Å²) in [6, 6.07) is 0. The Morgan fingerprint density at radius 3 is 1.14 bits per heavy atom. The quantitative estimate of drug-likeness (QED) is 0.235. The van der Waals surface area contributed by atoms with E-state index in [0.29, 0.717) is 0 Å². The van der Waals surface area contributed by atoms with E-state index in [4.69, 9.17) is 5.73 Å². The van der Waals surface area contributed by atoms with Crippen LogP contribution >= 0.6 is 0 Å². The standard InChI is InChI=1S/C19H41N3/c1-21-22-19-17-15-13-11-9-7-5-3-2-4-6-8-10-12-14-16-18-20/h2-20H2,1H3. The molecular formula is C19H41N3. The minimum atomic E-state index is 0.866. The largest absolute Gasteiger partial charge is 0.330 e. The van der Waals surface area contributed by atoms with Gasteiger partial charge in [-0.25, -0.2) is 0 Å². The van der Waals surface area contributed by atoms with Gasteiger partial charge in [0.15, 0.2) is 0 Å². The Bertz CT molecular complexity index is 217. The molecule has 0 atom stereocenters. The maximum absolute atomic E-state index is 5.49. The van der Waals surface area contributed by atoms with E-state index in [9.17, 15) is 0 Å². The number of nitrogens with zero attached hydrogens (tertiary/aromatic N) is 2. The third kappa shape index (κ3) is 19.6. The van der Waals surface area contributed by atoms with Crippen molar-refractivity contribution >= 4 is 0 Å². The molecule has 132 valence electrons. The van der Waals surface area contributed by atoms with Gasteiger partial charge in [-0.3, -0.25) is 0 Å². The fourth-order valence-corrected chi connectivity index (χ4v) is 2.90. The van der Waals surface area contributed by atoms with Crippen LogP contribution in [0.1, 0.15) is 103 Å². The van der Waals surface area contributed by atoms with Gasteiger partial charge >= 0.3 is 0 Å². The fourth-order valence-electron chi connectivity index (χ4n) is 2.90. The van der Waals surface area contributed by atoms with E-state index in [1.54, 1.807) is 7.05 Å². The number of unbranched alkanes of at least 4 members (excludes halogenated alkanes) is 15. The molecule has 0 radical (unpaired) electrons. The molecule has 0 aromatic heterocycles. The van der Waals surface area contributed by atoms with Gasteiger partial charge in [0.2, 0.25) is 0 Å². The topological polar surface area (TPSA) is 50.7 Å². The molecular weight excluding hydrogens is 270 g/mol. The van der Waals surface area contributed by atoms with E-state index in [1.807, 2.05) is 0 Å². The first-order valence-corrected chi connectivity index (χ1v) is 9.87. The molecule has 0 aromatic rings. The lowest BCUT2D eigenvalue weighted by Crippen LogP contribution is -1.97. The van der Waals surface area contributed by atoms with Crippen LogP contribution in [0.2, 0.25) is 0 Å². The fraction of sp³-hybridized carbons (Fsp3) is 1.00. The van der Waals surface area contributed by atoms with Gasteiger partial charge in [-0.2, -0.15) is 10.2 Å². The summed E-state index contributed by atoms with van der Waals surface area (Å²) in [7, 11) is 1.75. The highest BCUT2D eigenvalue weighted by atomic mass is 15.1. The van der Waals surface area contributed by atoms with Crippen LogP contribution in [0.15, 0.2) is 10.2 Å². The number of nitrogens with two attached hydrogens (primary N) is 1. The van der Waals surface area contributed by atoms with E-state index in [-0.39, 0.29) is 0 Å². The molecule has 0 saturated heterocycles. The number of rotatable bonds is 18. The predicted octanol–water partition coefficient (Wildman–Crippen LogP) is 6.27. The minimum Gasteiger partial charge on any atom is -0.330 e. The summed E-state index contributed by atoms with van der Waals surface area (Å²) < 4.78 is 0. The van der Waals surface area contributed by atoms with E-state index >= 15 is 0 Å². The van der Waals surface area contributed by atoms with Gasteiger partial charge in [-0.15, -0.1) is 0 Å². The summed E-state index contributed by atoms with van der Waals surface area (Å²) >= 11 is 0. The molecule has 0 unspecified atom stereocenters. The summed E-state index contributed by atoms with van der Waals surface area (Å²) in [4.78, 5) is 0. The van der Waals surface area contributed by atoms with E-state index < -0.39 is 0 Å². The van der Waals surface area contributed by atoms with Crippen LogP contribution in [0.3, 0.4) is 0 Å². The Morgan fingerprint density at radius 2 is 0.818 bits per heavy atom. The summed E-state index contributed by atoms with van der Waals surface area (Å²) in [5.41, 5.74) is 5.49. The molecule has 0 rings (SSSR count). The molecule has 0 amide bonds. The second-order valence-corrected chi connectivity index (χ2v) is 6.51. The van der Waals surface area contributed by atoms with Gasteiger partial charge in [0.05, 0.1) is 6.54 Å². The monoisotopic (exact) mass is 311 g/mol. The first-order valence-electron chi connectivity index (χ1n) is 9.87. The third-order valence-corrected chi connectivity index (χ3v) is 4.35. The smallest absolute Gasteiger partial charge is 0.0598 e. The molecule has 0 fully saturated rings. The lowest BCUT2D eigenvalue weighted by Gasteiger charge is -2.03. The Kier molecular flexibility index (Phi) is 20.1. The zero-order valence-electron chi connectivity index (χ0n) is 15.2. The van der Waals surface area contributed by atoms with Crippen molar-refractivity contribution in [2.24, 2.45) is 16.0 Å². The first kappa shape index (κ1) is 21.6. The van der Waals surface area contributed by atoms with Crippen LogP contribution in [0.25, 0.3) is 0 Å². The lowest BCUT2D eigenvalue weighted by molar-refractivity contribution is 0.528. The van der Waals surface area contributed by atoms with Crippen LogP contribution in [0, 0.1) is 0 Å². The normalized spacial score (nSPS) is 11.5. The van der Waals surface area contributed by atoms with Crippen LogP contribution in [-0.4, -0.2) is 20.1 Å². The van der Waals surface area contributed by atoms with Crippen molar-refractivity contribution in [1.82, 2.24) is 0 Å². The molecule has 0 aromatic carbocycles. The minimum absolute atomic E-state index is 0.866. The van der Waals surface area contributed by atoms with Crippen molar-refractivity contribution < 1.29 is 0 Å². The van der Waals surface area contributed by atoms with Crippen LogP contribution in [0.5, 0.6) is 0 Å². The summed E-state index contributed by atoms with van der Waals surface area (Å²) in [6.07, 6.45) is 22.2. The van der Waals surface area contributed by atoms with Gasteiger partial charge in [-0.05, 0) is 19.4 Å². The number of hydrogen-bond acceptors (Lipinski definition) is 3. The van der Waals surface area contributed by atoms with Crippen molar-refractivity contribution in [3.05, 3.63) is 0 Å². The summed E-state index contributed by atoms with van der Waals surface area (Å²) in [6.45, 7) is 1.79. The summed E-state index contributed by atoms with van der Waals surface area (Å²) in [5.74, 6) is 0. The molecule has 0 spiro atoms. The zero-order chi connectivity index (χ0) is 16.1. The summed E-state index contributed by atoms with van der Waals surface area (Å²) in [5, 5.41) is 7.77. The number of azo groups is 1. The Hall–Kier alpha value is -0.440. The second kappa shape index (κ2) is 20.6. The molecule has 0 aliphatic rings. The maximum Gasteiger partial charge on any atom is 0.0598 e. The Morgan fingerprint density at radius 1 is 0.500 bits per heavy atom. The molecule has 0 aliphatic carbocycles. The van der Waals surface area contributed by atoms with Gasteiger partial charge in [0.25, 0.3) is 0 Å². The predicted molar refractivity (Wildman–Crippen MR) is 98.6 cm³/mol. The average molecular weight is 312 g/mol. The molecule has 3 heteroatoms. The zero-order valence-corrected chi connectivity index (χ0v) is 15.2. The molecule has 2 N–H and O–H groups in total. The SMILES string of the molecule is CN=NCCCCCCCCCCCCCCCCCCN. The van der Waals surface area contributed by atoms with Crippen molar-refractivity contribution in [2.75, 3.05) is 20.1 Å². The van der Waals surface area contributed by atoms with Gasteiger partial charge in [-0.1, -0.05) is 89.9 Å². The highest BCUT2D eigenvalue weighted by Gasteiger charge is 1.94. The second-order valence-electron chi connectivity index (χ2n) is 6.51. The Balaban J connectivity index is 2.94. The van der Waals surface area contributed by atoms with Crippen molar-refractivity contribution in [1.29, 1.82) is 0 Å².